The molecule has 0 saturated carbocycles. The van der Waals surface area contributed by atoms with E-state index in [1.807, 2.05) is 0 Å². The van der Waals surface area contributed by atoms with Gasteiger partial charge in [0, 0.05) is 42.3 Å². The van der Waals surface area contributed by atoms with Gasteiger partial charge in [-0.1, -0.05) is 24.3 Å². The third-order valence-corrected chi connectivity index (χ3v) is 9.27. The topological polar surface area (TPSA) is 339 Å². The Labute approximate surface area is 422 Å². The van der Waals surface area contributed by atoms with Gasteiger partial charge in [-0.25, -0.2) is 25.3 Å². The van der Waals surface area contributed by atoms with Crippen LogP contribution in [0.15, 0.2) is 46.2 Å². The van der Waals surface area contributed by atoms with Crippen LogP contribution in [0.1, 0.15) is 11.1 Å². The number of aromatic nitrogens is 6. The minimum absolute atomic E-state index is 0. The van der Waals surface area contributed by atoms with Gasteiger partial charge in [-0.2, -0.15) is 34.2 Å². The van der Waals surface area contributed by atoms with Crippen LogP contribution >= 0.6 is 35.2 Å². The molecule has 0 aliphatic heterocycles. The van der Waals surface area contributed by atoms with E-state index in [2.05, 4.69) is 60.5 Å². The van der Waals surface area contributed by atoms with E-state index in [0.29, 0.717) is 12.0 Å². The van der Waals surface area contributed by atoms with Crippen molar-refractivity contribution in [3.63, 3.8) is 0 Å². The normalized spacial score (nSPS) is 11.3. The van der Waals surface area contributed by atoms with E-state index in [4.69, 9.17) is 23.2 Å². The Hall–Kier alpha value is -0.0600. The van der Waals surface area contributed by atoms with Crippen molar-refractivity contribution in [3.8, 4) is 0 Å². The summed E-state index contributed by atoms with van der Waals surface area (Å²) in [7, 11) is -14.8. The van der Waals surface area contributed by atoms with Crippen molar-refractivity contribution in [1.82, 2.24) is 29.9 Å². The van der Waals surface area contributed by atoms with Crippen LogP contribution in [-0.4, -0.2) is 93.4 Å². The van der Waals surface area contributed by atoms with Gasteiger partial charge >= 0.3 is 118 Å². The zero-order valence-corrected chi connectivity index (χ0v) is 42.2. The van der Waals surface area contributed by atoms with E-state index in [1.54, 1.807) is 0 Å². The van der Waals surface area contributed by atoms with Gasteiger partial charge in [-0.3, -0.25) is 5.04 Å². The molecule has 2 heterocycles. The first-order valence-corrected chi connectivity index (χ1v) is 19.7. The number of benzene rings is 2. The molecule has 0 aliphatic carbocycles. The molecule has 32 heteroatoms. The summed E-state index contributed by atoms with van der Waals surface area (Å²) in [5.41, 5.74) is -0.378. The van der Waals surface area contributed by atoms with Crippen LogP contribution in [-0.2, 0) is 39.7 Å². The SMILES string of the molecule is O=S(=O)([O-])CCNc1nc(Cl)nc(Nc2ccc(C=Cc3ccc(Nc4nc(Cl)nc(NCCSOO[O-])n4)cc3S(=O)(=O)[O-])c(S(=O)(=O)[O-])c2)n1.[Na+].[Na+].[Na+].[Na+]. The maximum Gasteiger partial charge on any atom is 1.00 e. The van der Waals surface area contributed by atoms with Crippen LogP contribution in [0, 0.1) is 0 Å². The van der Waals surface area contributed by atoms with Gasteiger partial charge in [0.1, 0.15) is 20.2 Å². The van der Waals surface area contributed by atoms with Crippen LogP contribution in [0.4, 0.5) is 35.2 Å². The van der Waals surface area contributed by atoms with Crippen molar-refractivity contribution in [3.05, 3.63) is 58.1 Å². The Kier molecular flexibility index (Phi) is 25.6. The number of hydrogen-bond donors (Lipinski definition) is 4. The fraction of sp³-hybridized carbons (Fsp3) is 0.167. The molecule has 22 nitrogen and oxygen atoms in total. The second kappa shape index (κ2) is 25.7. The molecule has 56 heavy (non-hydrogen) atoms. The van der Waals surface area contributed by atoms with E-state index in [0.717, 1.165) is 24.3 Å². The van der Waals surface area contributed by atoms with Crippen molar-refractivity contribution in [2.24, 2.45) is 0 Å². The van der Waals surface area contributed by atoms with Gasteiger partial charge < -0.3 is 40.2 Å². The second-order valence-electron chi connectivity index (χ2n) is 9.57. The number of rotatable bonds is 18. The molecule has 280 valence electrons. The predicted octanol–water partition coefficient (Wildman–Crippen LogP) is -10.9. The maximum absolute atomic E-state index is 12.2. The van der Waals surface area contributed by atoms with E-state index in [-0.39, 0.29) is 194 Å². The largest absolute Gasteiger partial charge is 1.00 e. The van der Waals surface area contributed by atoms with Crippen LogP contribution < -0.4 is 145 Å². The Morgan fingerprint density at radius 1 is 0.643 bits per heavy atom. The third kappa shape index (κ3) is 19.1. The van der Waals surface area contributed by atoms with Gasteiger partial charge in [-0.15, -0.1) is 0 Å². The standard InChI is InChI=1S/C24H24Cl2N10O12S4.4Na/c25-19-31-21(27-7-9-49-48-47-37)35-23(33-19)29-15-5-3-13(17(11-15)51(41,42)43)1-2-14-4-6-16(12-18(14)52(44,45)46)30-24-34-20(26)32-22(36-24)28-8-10-50(38,39)40;;;;/h1-6,11-12,37H,7-10H2,(H,38,39,40)(H,41,42,43)(H,44,45,46)(H2,27,29,31,33,35)(H2,28,30,32,34,36);;;;/q;4*+1/p-4. The molecule has 4 rings (SSSR count). The maximum atomic E-state index is 12.2. The number of nitrogens with one attached hydrogen (secondary N) is 4. The average Bonchev–Trinajstić information content (AvgIpc) is 3.02. The molecule has 0 atom stereocenters. The van der Waals surface area contributed by atoms with Crippen LogP contribution in [0.3, 0.4) is 0 Å². The second-order valence-corrected chi connectivity index (χ2v) is 15.2. The minimum atomic E-state index is -5.16. The van der Waals surface area contributed by atoms with E-state index in [9.17, 15) is 44.2 Å². The van der Waals surface area contributed by atoms with Gasteiger partial charge in [0.2, 0.25) is 34.4 Å². The first kappa shape index (κ1) is 55.9. The number of anilines is 6. The summed E-state index contributed by atoms with van der Waals surface area (Å²) >= 11 is 12.5. The zero-order valence-electron chi connectivity index (χ0n) is 29.4. The Morgan fingerprint density at radius 3 is 1.45 bits per heavy atom. The van der Waals surface area contributed by atoms with Crippen molar-refractivity contribution in [2.75, 3.05) is 45.9 Å². The zero-order chi connectivity index (χ0) is 38.1. The molecule has 0 aliphatic rings. The summed E-state index contributed by atoms with van der Waals surface area (Å²) in [6.45, 7) is -0.150. The summed E-state index contributed by atoms with van der Waals surface area (Å²) in [4.78, 5) is 21.8. The van der Waals surface area contributed by atoms with Crippen LogP contribution in [0.25, 0.3) is 12.2 Å². The molecule has 0 radical (unpaired) electrons. The summed E-state index contributed by atoms with van der Waals surface area (Å²) in [5, 5.41) is 23.0. The summed E-state index contributed by atoms with van der Waals surface area (Å²) < 4.78 is 110. The first-order chi connectivity index (χ1) is 24.4. The van der Waals surface area contributed by atoms with E-state index in [1.165, 1.54) is 24.3 Å². The van der Waals surface area contributed by atoms with Crippen molar-refractivity contribution in [1.29, 1.82) is 0 Å². The molecular formula is C24H20Cl2N10Na4O12S4. The smallest absolute Gasteiger partial charge is 0.748 e. The van der Waals surface area contributed by atoms with Crippen molar-refractivity contribution in [2.45, 2.75) is 9.79 Å². The first-order valence-electron chi connectivity index (χ1n) is 13.6. The van der Waals surface area contributed by atoms with Gasteiger partial charge in [0.15, 0.2) is 0 Å². The molecule has 4 aromatic rings. The molecule has 2 aromatic heterocycles. The molecule has 0 fully saturated rings. The Bertz CT molecular complexity index is 2310. The number of halogens is 2. The van der Waals surface area contributed by atoms with Gasteiger partial charge in [-0.05, 0) is 58.6 Å². The van der Waals surface area contributed by atoms with Gasteiger partial charge in [0.05, 0.1) is 25.7 Å². The molecule has 0 amide bonds. The van der Waals surface area contributed by atoms with Crippen LogP contribution in [0.5, 0.6) is 0 Å². The molecule has 0 spiro atoms. The van der Waals surface area contributed by atoms with Gasteiger partial charge in [0.25, 0.3) is 0 Å². The molecule has 0 bridgehead atoms. The summed E-state index contributed by atoms with van der Waals surface area (Å²) in [6, 6.07) is 6.93. The van der Waals surface area contributed by atoms with Crippen molar-refractivity contribution < 1.29 is 172 Å². The Morgan fingerprint density at radius 2 is 1.05 bits per heavy atom. The molecule has 2 aromatic carbocycles. The Balaban J connectivity index is 0.00000756. The quantitative estimate of drug-likeness (QED) is 0.0137. The van der Waals surface area contributed by atoms with Crippen LogP contribution in [0.2, 0.25) is 10.6 Å². The number of nitrogens with zero attached hydrogens (tertiary/aromatic N) is 6. The fourth-order valence-electron chi connectivity index (χ4n) is 3.89. The number of hydrogen-bond acceptors (Lipinski definition) is 23. The minimum Gasteiger partial charge on any atom is -0.748 e. The molecular weight excluding hydrogens is 911 g/mol. The summed E-state index contributed by atoms with van der Waals surface area (Å²) in [6.07, 6.45) is 2.19. The van der Waals surface area contributed by atoms with Crippen molar-refractivity contribution >= 4 is 113 Å². The van der Waals surface area contributed by atoms with E-state index >= 15 is 0 Å². The average molecular weight is 932 g/mol. The fourth-order valence-corrected chi connectivity index (χ4v) is 6.24. The molecule has 4 N–H and O–H groups in total. The third-order valence-electron chi connectivity index (χ3n) is 5.92. The molecule has 0 saturated heterocycles. The monoisotopic (exact) mass is 930 g/mol. The summed E-state index contributed by atoms with van der Waals surface area (Å²) in [5.74, 6) is -1.16. The molecule has 0 unspecified atom stereocenters. The predicted molar refractivity (Wildman–Crippen MR) is 180 cm³/mol. The van der Waals surface area contributed by atoms with E-state index < -0.39 is 45.9 Å².